The fourth-order valence-corrected chi connectivity index (χ4v) is 1.85. The summed E-state index contributed by atoms with van der Waals surface area (Å²) in [7, 11) is 0. The molecule has 0 aliphatic heterocycles. The van der Waals surface area contributed by atoms with Gasteiger partial charge in [-0.1, -0.05) is 11.8 Å². The molecule has 2 N–H and O–H groups in total. The maximum Gasteiger partial charge on any atom is 0.453 e. The van der Waals surface area contributed by atoms with E-state index in [1.165, 1.54) is 17.6 Å². The van der Waals surface area contributed by atoms with Crippen LogP contribution in [0.1, 0.15) is 11.6 Å². The van der Waals surface area contributed by atoms with Crippen molar-refractivity contribution < 1.29 is 22.5 Å². The molecule has 0 fully saturated rings. The Morgan fingerprint density at radius 1 is 1.43 bits per heavy atom. The van der Waals surface area contributed by atoms with Crippen molar-refractivity contribution in [2.75, 3.05) is 5.84 Å². The van der Waals surface area contributed by atoms with Gasteiger partial charge >= 0.3 is 12.1 Å². The van der Waals surface area contributed by atoms with Gasteiger partial charge in [0.25, 0.3) is 5.82 Å². The van der Waals surface area contributed by atoms with Gasteiger partial charge in [-0.2, -0.15) is 13.2 Å². The second kappa shape index (κ2) is 5.47. The van der Waals surface area contributed by atoms with E-state index in [0.717, 1.165) is 17.8 Å². The number of furan rings is 1. The second-order valence-electron chi connectivity index (χ2n) is 3.53. The summed E-state index contributed by atoms with van der Waals surface area (Å²) < 4.78 is 42.4. The molecule has 0 aliphatic rings. The zero-order chi connectivity index (χ0) is 15.6. The number of nitrogens with two attached hydrogens (primary N) is 1. The standard InChI is InChI=1S/C9H6F3N5O3S/c10-9(11,12)7-14-15-8(16(7)13)21-4-3-5-1-2-6(20-5)17(18)19/h1-4H,13H2/b4-3+. The topological polar surface area (TPSA) is 113 Å². The molecule has 2 heterocycles. The van der Waals surface area contributed by atoms with E-state index in [-0.39, 0.29) is 10.9 Å². The highest BCUT2D eigenvalue weighted by molar-refractivity contribution is 8.02. The lowest BCUT2D eigenvalue weighted by Crippen LogP contribution is -2.21. The summed E-state index contributed by atoms with van der Waals surface area (Å²) in [6.45, 7) is 0. The fraction of sp³-hybridized carbons (Fsp3) is 0.111. The molecule has 0 unspecified atom stereocenters. The van der Waals surface area contributed by atoms with Crippen molar-refractivity contribution >= 4 is 23.7 Å². The molecule has 21 heavy (non-hydrogen) atoms. The van der Waals surface area contributed by atoms with Gasteiger partial charge in [0, 0.05) is 0 Å². The Morgan fingerprint density at radius 2 is 2.14 bits per heavy atom. The van der Waals surface area contributed by atoms with Crippen molar-refractivity contribution in [1.29, 1.82) is 0 Å². The summed E-state index contributed by atoms with van der Waals surface area (Å²) in [6, 6.07) is 2.49. The maximum absolute atomic E-state index is 12.4. The Bertz CT molecular complexity index is 693. The Hall–Kier alpha value is -2.50. The number of rotatable bonds is 4. The van der Waals surface area contributed by atoms with E-state index in [1.54, 1.807) is 0 Å². The van der Waals surface area contributed by atoms with Crippen LogP contribution in [-0.2, 0) is 6.18 Å². The summed E-state index contributed by atoms with van der Waals surface area (Å²) in [5.74, 6) is 3.61. The molecule has 0 radical (unpaired) electrons. The number of alkyl halides is 3. The molecule has 0 bridgehead atoms. The number of hydrogen-bond acceptors (Lipinski definition) is 7. The molecular formula is C9H6F3N5O3S. The summed E-state index contributed by atoms with van der Waals surface area (Å²) in [6.07, 6.45) is -3.38. The van der Waals surface area contributed by atoms with Gasteiger partial charge in [0.2, 0.25) is 5.16 Å². The molecule has 0 aromatic carbocycles. The molecule has 0 aliphatic carbocycles. The summed E-state index contributed by atoms with van der Waals surface area (Å²) in [4.78, 5) is 9.68. The van der Waals surface area contributed by atoms with E-state index in [0.29, 0.717) is 4.68 Å². The summed E-state index contributed by atoms with van der Waals surface area (Å²) in [5.41, 5.74) is 0. The molecule has 0 saturated heterocycles. The Labute approximate surface area is 118 Å². The van der Waals surface area contributed by atoms with Gasteiger partial charge in [0.05, 0.1) is 6.07 Å². The van der Waals surface area contributed by atoms with Crippen LogP contribution in [0.5, 0.6) is 0 Å². The Kier molecular flexibility index (Phi) is 3.88. The highest BCUT2D eigenvalue weighted by Crippen LogP contribution is 2.29. The lowest BCUT2D eigenvalue weighted by atomic mass is 10.4. The van der Waals surface area contributed by atoms with Gasteiger partial charge in [-0.05, 0) is 17.6 Å². The van der Waals surface area contributed by atoms with Crippen LogP contribution in [0, 0.1) is 10.1 Å². The molecule has 2 rings (SSSR count). The molecule has 8 nitrogen and oxygen atoms in total. The monoisotopic (exact) mass is 321 g/mol. The molecular weight excluding hydrogens is 315 g/mol. The van der Waals surface area contributed by atoms with Gasteiger partial charge in [-0.3, -0.25) is 10.1 Å². The van der Waals surface area contributed by atoms with Crippen LogP contribution in [0.3, 0.4) is 0 Å². The third kappa shape index (κ3) is 3.34. The van der Waals surface area contributed by atoms with Crippen LogP contribution in [0.25, 0.3) is 6.08 Å². The van der Waals surface area contributed by atoms with Crippen molar-refractivity contribution in [3.05, 3.63) is 39.2 Å². The summed E-state index contributed by atoms with van der Waals surface area (Å²) in [5, 5.41) is 17.7. The number of halogens is 3. The third-order valence-corrected chi connectivity index (χ3v) is 2.88. The van der Waals surface area contributed by atoms with Crippen molar-refractivity contribution in [3.63, 3.8) is 0 Å². The van der Waals surface area contributed by atoms with Gasteiger partial charge in [-0.25, -0.2) is 4.68 Å². The quantitative estimate of drug-likeness (QED) is 0.398. The van der Waals surface area contributed by atoms with Crippen molar-refractivity contribution in [2.45, 2.75) is 11.3 Å². The molecule has 12 heteroatoms. The highest BCUT2D eigenvalue weighted by Gasteiger charge is 2.38. The summed E-state index contributed by atoms with van der Waals surface area (Å²) >= 11 is 0.750. The Morgan fingerprint density at radius 3 is 2.67 bits per heavy atom. The van der Waals surface area contributed by atoms with Crippen LogP contribution >= 0.6 is 11.8 Å². The maximum atomic E-state index is 12.4. The van der Waals surface area contributed by atoms with E-state index >= 15 is 0 Å². The minimum Gasteiger partial charge on any atom is -0.401 e. The predicted octanol–water partition coefficient (Wildman–Crippen LogP) is 2.27. The van der Waals surface area contributed by atoms with Crippen LogP contribution in [0.2, 0.25) is 0 Å². The van der Waals surface area contributed by atoms with Gasteiger partial charge in [-0.15, -0.1) is 10.2 Å². The molecule has 2 aromatic rings. The normalized spacial score (nSPS) is 12.1. The number of nitrogens with zero attached hydrogens (tertiary/aromatic N) is 4. The molecule has 0 spiro atoms. The van der Waals surface area contributed by atoms with Crippen molar-refractivity contribution in [2.24, 2.45) is 0 Å². The highest BCUT2D eigenvalue weighted by atomic mass is 32.2. The first-order valence-electron chi connectivity index (χ1n) is 5.14. The second-order valence-corrected chi connectivity index (χ2v) is 4.40. The van der Waals surface area contributed by atoms with Gasteiger partial charge in [0.15, 0.2) is 0 Å². The van der Waals surface area contributed by atoms with E-state index in [2.05, 4.69) is 10.2 Å². The third-order valence-electron chi connectivity index (χ3n) is 2.12. The van der Waals surface area contributed by atoms with E-state index in [4.69, 9.17) is 10.3 Å². The fourth-order valence-electron chi connectivity index (χ4n) is 1.24. The average Bonchev–Trinajstić information content (AvgIpc) is 2.96. The van der Waals surface area contributed by atoms with Gasteiger partial charge in [0.1, 0.15) is 10.7 Å². The van der Waals surface area contributed by atoms with Crippen molar-refractivity contribution in [1.82, 2.24) is 14.9 Å². The zero-order valence-electron chi connectivity index (χ0n) is 9.94. The molecule has 0 saturated carbocycles. The van der Waals surface area contributed by atoms with Crippen LogP contribution in [0.4, 0.5) is 19.1 Å². The van der Waals surface area contributed by atoms with Crippen molar-refractivity contribution in [3.8, 4) is 0 Å². The Balaban J connectivity index is 2.07. The largest absolute Gasteiger partial charge is 0.453 e. The first-order chi connectivity index (χ1) is 9.79. The van der Waals surface area contributed by atoms with Gasteiger partial charge < -0.3 is 10.3 Å². The zero-order valence-corrected chi connectivity index (χ0v) is 10.8. The molecule has 0 amide bonds. The molecule has 2 aromatic heterocycles. The lowest BCUT2D eigenvalue weighted by Gasteiger charge is -2.04. The van der Waals surface area contributed by atoms with Crippen LogP contribution < -0.4 is 5.84 Å². The first-order valence-corrected chi connectivity index (χ1v) is 6.02. The van der Waals surface area contributed by atoms with E-state index in [1.807, 2.05) is 0 Å². The number of hydrogen-bond donors (Lipinski definition) is 1. The number of thioether (sulfide) groups is 1. The number of nitrogen functional groups attached to an aromatic ring is 1. The average molecular weight is 321 g/mol. The van der Waals surface area contributed by atoms with Crippen LogP contribution in [0.15, 0.2) is 27.1 Å². The smallest absolute Gasteiger partial charge is 0.401 e. The SMILES string of the molecule is Nn1c(S/C=C/c2ccc([N+](=O)[O-])o2)nnc1C(F)(F)F. The lowest BCUT2D eigenvalue weighted by molar-refractivity contribution is -0.402. The van der Waals surface area contributed by atoms with E-state index < -0.39 is 22.8 Å². The van der Waals surface area contributed by atoms with Crippen LogP contribution in [-0.4, -0.2) is 19.8 Å². The number of nitro groups is 1. The minimum absolute atomic E-state index is 0.160. The first kappa shape index (κ1) is 14.9. The minimum atomic E-state index is -4.70. The predicted molar refractivity (Wildman–Crippen MR) is 65.4 cm³/mol. The van der Waals surface area contributed by atoms with E-state index in [9.17, 15) is 23.3 Å². The molecule has 0 atom stereocenters. The number of aromatic nitrogens is 3. The molecule has 112 valence electrons.